The molecule has 1 amide bonds. The van der Waals surface area contributed by atoms with Crippen LogP contribution in [0, 0.1) is 28.9 Å². The minimum atomic E-state index is -1.45. The van der Waals surface area contributed by atoms with E-state index in [-0.39, 0.29) is 32.1 Å². The van der Waals surface area contributed by atoms with Crippen LogP contribution in [0.1, 0.15) is 29.5 Å². The van der Waals surface area contributed by atoms with Gasteiger partial charge in [-0.1, -0.05) is 78.9 Å². The van der Waals surface area contributed by atoms with Crippen molar-refractivity contribution in [3.8, 4) is 11.8 Å². The number of piperazine rings is 1. The fourth-order valence-electron chi connectivity index (χ4n) is 6.01. The SMILES string of the molecule is COc1ccccc1C(c1cccc2ccccc12)C(C)(C#N)C(=O)N1CC[N+]([O-])(c2ccccc2C)CC1. The van der Waals surface area contributed by atoms with E-state index in [1.165, 1.54) is 0 Å². The number of hydrogen-bond donors (Lipinski definition) is 0. The van der Waals surface area contributed by atoms with Crippen LogP contribution in [0.5, 0.6) is 5.75 Å². The number of carbonyl (C=O) groups excluding carboxylic acids is 1. The summed E-state index contributed by atoms with van der Waals surface area (Å²) in [5, 5.41) is 26.5. The van der Waals surface area contributed by atoms with Gasteiger partial charge in [-0.05, 0) is 42.3 Å². The summed E-state index contributed by atoms with van der Waals surface area (Å²) in [6, 6.07) is 31.6. The molecule has 1 aliphatic rings. The Morgan fingerprint density at radius 2 is 1.56 bits per heavy atom. The average Bonchev–Trinajstić information content (AvgIpc) is 2.97. The molecule has 0 aliphatic carbocycles. The van der Waals surface area contributed by atoms with E-state index in [0.717, 1.165) is 33.2 Å². The summed E-state index contributed by atoms with van der Waals surface area (Å²) in [5.41, 5.74) is 1.90. The Hall–Kier alpha value is -4.18. The number of hydroxylamine groups is 2. The van der Waals surface area contributed by atoms with Crippen LogP contribution >= 0.6 is 0 Å². The predicted octanol–water partition coefficient (Wildman–Crippen LogP) is 6.17. The minimum Gasteiger partial charge on any atom is -0.627 e. The zero-order chi connectivity index (χ0) is 27.6. The van der Waals surface area contributed by atoms with Crippen molar-refractivity contribution < 1.29 is 9.53 Å². The third kappa shape index (κ3) is 4.65. The van der Waals surface area contributed by atoms with Crippen LogP contribution in [0.2, 0.25) is 0 Å². The van der Waals surface area contributed by atoms with Gasteiger partial charge in [-0.15, -0.1) is 0 Å². The van der Waals surface area contributed by atoms with Crippen molar-refractivity contribution in [1.29, 1.82) is 5.26 Å². The molecular weight excluding hydrogens is 486 g/mol. The van der Waals surface area contributed by atoms with Crippen LogP contribution in [0.15, 0.2) is 91.0 Å². The molecule has 0 aromatic heterocycles. The van der Waals surface area contributed by atoms with Gasteiger partial charge in [0.15, 0.2) is 0 Å². The van der Waals surface area contributed by atoms with Crippen molar-refractivity contribution in [2.75, 3.05) is 33.3 Å². The highest BCUT2D eigenvalue weighted by Gasteiger charge is 2.48. The Morgan fingerprint density at radius 3 is 2.28 bits per heavy atom. The second kappa shape index (κ2) is 10.5. The topological polar surface area (TPSA) is 76.4 Å². The summed E-state index contributed by atoms with van der Waals surface area (Å²) in [6.45, 7) is 4.71. The second-order valence-electron chi connectivity index (χ2n) is 10.5. The van der Waals surface area contributed by atoms with E-state index in [1.807, 2.05) is 97.9 Å². The molecule has 0 saturated carbocycles. The van der Waals surface area contributed by atoms with Crippen molar-refractivity contribution in [2.45, 2.75) is 19.8 Å². The molecule has 1 heterocycles. The van der Waals surface area contributed by atoms with E-state index in [9.17, 15) is 15.3 Å². The molecule has 2 unspecified atom stereocenters. The van der Waals surface area contributed by atoms with Gasteiger partial charge in [-0.25, -0.2) is 0 Å². The fourth-order valence-corrected chi connectivity index (χ4v) is 6.01. The molecule has 198 valence electrons. The molecule has 5 rings (SSSR count). The van der Waals surface area contributed by atoms with Crippen LogP contribution in [-0.4, -0.2) is 44.1 Å². The van der Waals surface area contributed by atoms with Gasteiger partial charge in [0.25, 0.3) is 0 Å². The van der Waals surface area contributed by atoms with Crippen LogP contribution in [0.4, 0.5) is 5.69 Å². The van der Waals surface area contributed by atoms with Gasteiger partial charge in [-0.2, -0.15) is 5.26 Å². The summed E-state index contributed by atoms with van der Waals surface area (Å²) >= 11 is 0. The fraction of sp³-hybridized carbons (Fsp3) is 0.273. The van der Waals surface area contributed by atoms with Crippen molar-refractivity contribution in [3.63, 3.8) is 0 Å². The number of rotatable bonds is 6. The first-order valence-electron chi connectivity index (χ1n) is 13.3. The van der Waals surface area contributed by atoms with Gasteiger partial charge < -0.3 is 19.5 Å². The maximum absolute atomic E-state index is 14.3. The number of carbonyl (C=O) groups is 1. The molecule has 4 aromatic rings. The quantitative estimate of drug-likeness (QED) is 0.226. The Morgan fingerprint density at radius 1 is 0.949 bits per heavy atom. The van der Waals surface area contributed by atoms with Gasteiger partial charge in [-0.3, -0.25) is 4.79 Å². The Kier molecular flexibility index (Phi) is 7.14. The van der Waals surface area contributed by atoms with Crippen LogP contribution < -0.4 is 9.38 Å². The largest absolute Gasteiger partial charge is 0.627 e. The third-order valence-corrected chi connectivity index (χ3v) is 8.14. The van der Waals surface area contributed by atoms with Gasteiger partial charge in [0.2, 0.25) is 5.91 Å². The first-order valence-corrected chi connectivity index (χ1v) is 13.3. The number of benzene rings is 4. The number of aryl methyl sites for hydroxylation is 1. The lowest BCUT2D eigenvalue weighted by atomic mass is 9.68. The summed E-state index contributed by atoms with van der Waals surface area (Å²) in [6.07, 6.45) is 0. The molecular formula is C33H33N3O3. The highest BCUT2D eigenvalue weighted by Crippen LogP contribution is 2.47. The smallest absolute Gasteiger partial charge is 0.244 e. The highest BCUT2D eigenvalue weighted by molar-refractivity contribution is 5.91. The van der Waals surface area contributed by atoms with Gasteiger partial charge in [0, 0.05) is 17.0 Å². The minimum absolute atomic E-state index is 0.242. The number of hydrogen-bond acceptors (Lipinski definition) is 4. The number of nitrogens with zero attached hydrogens (tertiary/aromatic N) is 3. The zero-order valence-electron chi connectivity index (χ0n) is 22.6. The maximum atomic E-state index is 14.3. The molecule has 39 heavy (non-hydrogen) atoms. The summed E-state index contributed by atoms with van der Waals surface area (Å²) in [7, 11) is 1.60. The molecule has 1 aliphatic heterocycles. The van der Waals surface area contributed by atoms with E-state index in [2.05, 4.69) is 6.07 Å². The van der Waals surface area contributed by atoms with Crippen molar-refractivity contribution in [2.24, 2.45) is 5.41 Å². The number of amides is 1. The van der Waals surface area contributed by atoms with E-state index < -0.39 is 16.0 Å². The lowest BCUT2D eigenvalue weighted by molar-refractivity contribution is -0.140. The number of fused-ring (bicyclic) bond motifs is 1. The lowest BCUT2D eigenvalue weighted by Crippen LogP contribution is -2.60. The van der Waals surface area contributed by atoms with Crippen LogP contribution in [-0.2, 0) is 4.79 Å². The maximum Gasteiger partial charge on any atom is 0.244 e. The lowest BCUT2D eigenvalue weighted by Gasteiger charge is -2.49. The van der Waals surface area contributed by atoms with Gasteiger partial charge in [0.1, 0.15) is 29.9 Å². The Labute approximate surface area is 229 Å². The van der Waals surface area contributed by atoms with E-state index in [1.54, 1.807) is 18.9 Å². The number of nitriles is 1. The molecule has 6 heteroatoms. The molecule has 4 aromatic carbocycles. The second-order valence-corrected chi connectivity index (χ2v) is 10.5. The molecule has 1 fully saturated rings. The number of ether oxygens (including phenoxy) is 1. The van der Waals surface area contributed by atoms with Crippen LogP contribution in [0.3, 0.4) is 0 Å². The molecule has 0 spiro atoms. The van der Waals surface area contributed by atoms with Crippen molar-refractivity contribution in [3.05, 3.63) is 113 Å². The third-order valence-electron chi connectivity index (χ3n) is 8.14. The zero-order valence-corrected chi connectivity index (χ0v) is 22.6. The molecule has 0 N–H and O–H groups in total. The molecule has 0 radical (unpaired) electrons. The molecule has 2 atom stereocenters. The van der Waals surface area contributed by atoms with Crippen molar-refractivity contribution >= 4 is 22.4 Å². The van der Waals surface area contributed by atoms with Crippen LogP contribution in [0.25, 0.3) is 10.8 Å². The predicted molar refractivity (Wildman–Crippen MR) is 155 cm³/mol. The first-order chi connectivity index (χ1) is 18.8. The molecule has 1 saturated heterocycles. The van der Waals surface area contributed by atoms with Gasteiger partial charge in [0.05, 0.1) is 26.3 Å². The summed E-state index contributed by atoms with van der Waals surface area (Å²) in [4.78, 5) is 16.0. The van der Waals surface area contributed by atoms with E-state index in [4.69, 9.17) is 4.74 Å². The number of quaternary nitrogens is 1. The number of methoxy groups -OCH3 is 1. The molecule has 6 nitrogen and oxygen atoms in total. The van der Waals surface area contributed by atoms with Gasteiger partial charge >= 0.3 is 0 Å². The standard InChI is InChI=1S/C33H33N3O3/c1-24-11-4-8-17-29(24)36(38)21-19-35(20-22-36)32(37)33(2,23-34)31(28-15-7-9-18-30(28)39-3)27-16-10-13-25-12-5-6-14-26(25)27/h4-18,31H,19-22H2,1-3H3. The average molecular weight is 520 g/mol. The monoisotopic (exact) mass is 519 g/mol. The number of para-hydroxylation sites is 2. The summed E-state index contributed by atoms with van der Waals surface area (Å²) < 4.78 is 5.26. The first kappa shape index (κ1) is 26.4. The molecule has 0 bridgehead atoms. The highest BCUT2D eigenvalue weighted by atomic mass is 16.5. The Balaban J connectivity index is 1.56. The summed E-state index contributed by atoms with van der Waals surface area (Å²) in [5.74, 6) is -0.245. The van der Waals surface area contributed by atoms with Crippen molar-refractivity contribution in [1.82, 2.24) is 9.55 Å². The van der Waals surface area contributed by atoms with E-state index in [0.29, 0.717) is 5.75 Å². The Bertz CT molecular complexity index is 1550. The van der Waals surface area contributed by atoms with E-state index >= 15 is 0 Å². The normalized spacial score (nSPS) is 17.2.